The molecule has 3 nitrogen and oxygen atoms in total. The first-order valence-electron chi connectivity index (χ1n) is 6.41. The van der Waals surface area contributed by atoms with Crippen LogP contribution in [0.1, 0.15) is 11.1 Å². The van der Waals surface area contributed by atoms with Gasteiger partial charge in [-0.3, -0.25) is 4.90 Å². The predicted molar refractivity (Wildman–Crippen MR) is 70.1 cm³/mol. The molecule has 100 valence electrons. The lowest BCUT2D eigenvalue weighted by molar-refractivity contribution is 0.00884. The highest BCUT2D eigenvalue weighted by Gasteiger charge is 2.15. The zero-order chi connectivity index (χ0) is 13.0. The minimum atomic E-state index is -0.128. The lowest BCUT2D eigenvalue weighted by Crippen LogP contribution is -2.44. The van der Waals surface area contributed by atoms with Crippen molar-refractivity contribution < 1.29 is 9.13 Å². The maximum atomic E-state index is 13.4. The van der Waals surface area contributed by atoms with Gasteiger partial charge in [-0.2, -0.15) is 0 Å². The van der Waals surface area contributed by atoms with Crippen LogP contribution in [0.2, 0.25) is 0 Å². The molecule has 1 atom stereocenters. The van der Waals surface area contributed by atoms with Gasteiger partial charge in [0.25, 0.3) is 0 Å². The number of likely N-dealkylation sites (N-methyl/N-ethyl adjacent to an activating group) is 1. The van der Waals surface area contributed by atoms with Crippen LogP contribution in [0.15, 0.2) is 18.2 Å². The average Bonchev–Trinajstić information content (AvgIpc) is 2.35. The second kappa shape index (κ2) is 6.27. The minimum Gasteiger partial charge on any atom is -0.374 e. The zero-order valence-corrected chi connectivity index (χ0v) is 11.1. The Morgan fingerprint density at radius 1 is 1.50 bits per heavy atom. The van der Waals surface area contributed by atoms with E-state index in [0.29, 0.717) is 5.56 Å². The number of morpholine rings is 1. The van der Waals surface area contributed by atoms with Gasteiger partial charge in [-0.15, -0.1) is 0 Å². The number of halogens is 1. The summed E-state index contributed by atoms with van der Waals surface area (Å²) in [5.74, 6) is -0.128. The van der Waals surface area contributed by atoms with Gasteiger partial charge in [0.1, 0.15) is 5.82 Å². The van der Waals surface area contributed by atoms with E-state index in [-0.39, 0.29) is 11.9 Å². The third-order valence-electron chi connectivity index (χ3n) is 3.21. The monoisotopic (exact) mass is 252 g/mol. The number of benzene rings is 1. The third kappa shape index (κ3) is 3.77. The largest absolute Gasteiger partial charge is 0.374 e. The summed E-state index contributed by atoms with van der Waals surface area (Å²) in [4.78, 5) is 2.17. The van der Waals surface area contributed by atoms with E-state index in [1.807, 2.05) is 19.2 Å². The van der Waals surface area contributed by atoms with Gasteiger partial charge >= 0.3 is 0 Å². The van der Waals surface area contributed by atoms with Crippen LogP contribution < -0.4 is 5.32 Å². The highest BCUT2D eigenvalue weighted by molar-refractivity contribution is 5.23. The van der Waals surface area contributed by atoms with Crippen molar-refractivity contribution in [1.82, 2.24) is 10.2 Å². The standard InChI is InChI=1S/C14H21FN2O/c1-11-3-4-12(7-14(11)15)9-17(2)10-13-8-16-5-6-18-13/h3-4,7,13,16H,5-6,8-10H2,1-2H3. The maximum absolute atomic E-state index is 13.4. The van der Waals surface area contributed by atoms with Gasteiger partial charge < -0.3 is 10.1 Å². The fourth-order valence-electron chi connectivity index (χ4n) is 2.20. The van der Waals surface area contributed by atoms with Crippen molar-refractivity contribution >= 4 is 0 Å². The van der Waals surface area contributed by atoms with Crippen LogP contribution in [0.3, 0.4) is 0 Å². The molecule has 1 fully saturated rings. The first-order chi connectivity index (χ1) is 8.65. The number of ether oxygens (including phenoxy) is 1. The zero-order valence-electron chi connectivity index (χ0n) is 11.1. The Morgan fingerprint density at radius 3 is 3.00 bits per heavy atom. The molecule has 0 aromatic heterocycles. The van der Waals surface area contributed by atoms with Crippen LogP contribution >= 0.6 is 0 Å². The second-order valence-corrected chi connectivity index (χ2v) is 4.98. The molecule has 1 N–H and O–H groups in total. The summed E-state index contributed by atoms with van der Waals surface area (Å²) in [6.45, 7) is 6.00. The molecule has 1 aliphatic rings. The van der Waals surface area contributed by atoms with Gasteiger partial charge in [0, 0.05) is 26.2 Å². The molecule has 1 saturated heterocycles. The van der Waals surface area contributed by atoms with E-state index in [9.17, 15) is 4.39 Å². The van der Waals surface area contributed by atoms with Crippen LogP contribution in [-0.4, -0.2) is 44.3 Å². The van der Waals surface area contributed by atoms with E-state index < -0.39 is 0 Å². The number of rotatable bonds is 4. The smallest absolute Gasteiger partial charge is 0.126 e. The third-order valence-corrected chi connectivity index (χ3v) is 3.21. The lowest BCUT2D eigenvalue weighted by atomic mass is 10.1. The molecule has 1 unspecified atom stereocenters. The molecule has 1 aromatic carbocycles. The molecule has 1 heterocycles. The van der Waals surface area contributed by atoms with E-state index >= 15 is 0 Å². The summed E-state index contributed by atoms with van der Waals surface area (Å²) in [7, 11) is 2.04. The van der Waals surface area contributed by atoms with Gasteiger partial charge in [0.15, 0.2) is 0 Å². The molecule has 0 aliphatic carbocycles. The molecular formula is C14H21FN2O. The number of nitrogens with zero attached hydrogens (tertiary/aromatic N) is 1. The fraction of sp³-hybridized carbons (Fsp3) is 0.571. The SMILES string of the molecule is Cc1ccc(CN(C)CC2CNCCO2)cc1F. The maximum Gasteiger partial charge on any atom is 0.126 e. The molecule has 4 heteroatoms. The summed E-state index contributed by atoms with van der Waals surface area (Å²) in [5, 5.41) is 3.31. The Kier molecular flexibility index (Phi) is 4.69. The van der Waals surface area contributed by atoms with Gasteiger partial charge in [-0.05, 0) is 31.2 Å². The van der Waals surface area contributed by atoms with Crippen molar-refractivity contribution in [1.29, 1.82) is 0 Å². The highest BCUT2D eigenvalue weighted by atomic mass is 19.1. The Morgan fingerprint density at radius 2 is 2.33 bits per heavy atom. The quantitative estimate of drug-likeness (QED) is 0.880. The van der Waals surface area contributed by atoms with Crippen molar-refractivity contribution in [3.05, 3.63) is 35.1 Å². The normalized spacial score (nSPS) is 20.3. The summed E-state index contributed by atoms with van der Waals surface area (Å²) < 4.78 is 19.1. The van der Waals surface area contributed by atoms with Crippen LogP contribution in [0.25, 0.3) is 0 Å². The lowest BCUT2D eigenvalue weighted by Gasteiger charge is -2.28. The van der Waals surface area contributed by atoms with Crippen molar-refractivity contribution in [3.63, 3.8) is 0 Å². The van der Waals surface area contributed by atoms with Crippen molar-refractivity contribution in [2.45, 2.75) is 19.6 Å². The number of hydrogen-bond donors (Lipinski definition) is 1. The Hall–Kier alpha value is -0.970. The van der Waals surface area contributed by atoms with Gasteiger partial charge in [0.05, 0.1) is 12.7 Å². The fourth-order valence-corrected chi connectivity index (χ4v) is 2.20. The van der Waals surface area contributed by atoms with Crippen molar-refractivity contribution in [3.8, 4) is 0 Å². The summed E-state index contributed by atoms with van der Waals surface area (Å²) in [6.07, 6.45) is 0.235. The second-order valence-electron chi connectivity index (χ2n) is 4.98. The summed E-state index contributed by atoms with van der Waals surface area (Å²) >= 11 is 0. The van der Waals surface area contributed by atoms with E-state index in [1.54, 1.807) is 13.0 Å². The van der Waals surface area contributed by atoms with Crippen LogP contribution in [0.4, 0.5) is 4.39 Å². The topological polar surface area (TPSA) is 24.5 Å². The summed E-state index contributed by atoms with van der Waals surface area (Å²) in [5.41, 5.74) is 1.70. The Balaban J connectivity index is 1.85. The Bertz CT molecular complexity index is 391. The van der Waals surface area contributed by atoms with Crippen molar-refractivity contribution in [2.75, 3.05) is 33.3 Å². The number of nitrogens with one attached hydrogen (secondary N) is 1. The molecule has 0 radical (unpaired) electrons. The molecule has 2 rings (SSSR count). The first kappa shape index (κ1) is 13.5. The molecule has 1 aliphatic heterocycles. The van der Waals surface area contributed by atoms with Crippen LogP contribution in [0, 0.1) is 12.7 Å². The van der Waals surface area contributed by atoms with E-state index in [2.05, 4.69) is 10.2 Å². The van der Waals surface area contributed by atoms with Crippen LogP contribution in [0.5, 0.6) is 0 Å². The van der Waals surface area contributed by atoms with Gasteiger partial charge in [-0.25, -0.2) is 4.39 Å². The molecule has 0 amide bonds. The van der Waals surface area contributed by atoms with Gasteiger partial charge in [0.2, 0.25) is 0 Å². The predicted octanol–water partition coefficient (Wildman–Crippen LogP) is 1.55. The number of hydrogen-bond acceptors (Lipinski definition) is 3. The summed E-state index contributed by atoms with van der Waals surface area (Å²) in [6, 6.07) is 5.43. The first-order valence-corrected chi connectivity index (χ1v) is 6.41. The molecule has 0 spiro atoms. The molecule has 18 heavy (non-hydrogen) atoms. The minimum absolute atomic E-state index is 0.128. The molecular weight excluding hydrogens is 231 g/mol. The average molecular weight is 252 g/mol. The highest BCUT2D eigenvalue weighted by Crippen LogP contribution is 2.11. The number of aryl methyl sites for hydroxylation is 1. The molecule has 1 aromatic rings. The molecule has 0 bridgehead atoms. The van der Waals surface area contributed by atoms with E-state index in [4.69, 9.17) is 4.74 Å². The molecule has 0 saturated carbocycles. The van der Waals surface area contributed by atoms with Gasteiger partial charge in [-0.1, -0.05) is 12.1 Å². The Labute approximate surface area is 108 Å². The van der Waals surface area contributed by atoms with E-state index in [0.717, 1.165) is 38.3 Å². The van der Waals surface area contributed by atoms with Crippen molar-refractivity contribution in [2.24, 2.45) is 0 Å². The van der Waals surface area contributed by atoms with Crippen LogP contribution in [-0.2, 0) is 11.3 Å². The van der Waals surface area contributed by atoms with E-state index in [1.165, 1.54) is 0 Å².